The van der Waals surface area contributed by atoms with E-state index in [1.807, 2.05) is 25.3 Å². The second-order valence-electron chi connectivity index (χ2n) is 4.61. The lowest BCUT2D eigenvalue weighted by molar-refractivity contribution is 0.363. The molecule has 0 bridgehead atoms. The summed E-state index contributed by atoms with van der Waals surface area (Å²) in [5.74, 6) is 0.424. The molecule has 118 valence electrons. The van der Waals surface area contributed by atoms with Crippen molar-refractivity contribution >= 4 is 24.6 Å². The minimum atomic E-state index is -3.94. The van der Waals surface area contributed by atoms with E-state index < -0.39 is 7.60 Å². The van der Waals surface area contributed by atoms with Crippen LogP contribution in [0.15, 0.2) is 12.7 Å². The molecule has 0 radical (unpaired) electrons. The Hall–Kier alpha value is -1.50. The van der Waals surface area contributed by atoms with Crippen LogP contribution in [0.3, 0.4) is 0 Å². The number of fused-ring (bicyclic) bond motifs is 1. The van der Waals surface area contributed by atoms with Crippen molar-refractivity contribution in [1.29, 1.82) is 0 Å². The molecule has 21 heavy (non-hydrogen) atoms. The van der Waals surface area contributed by atoms with E-state index in [1.54, 1.807) is 6.33 Å². The Kier molecular flexibility index (Phi) is 6.26. The first-order valence-electron chi connectivity index (χ1n) is 6.82. The number of nitrogen functional groups attached to an aromatic ring is 1. The molecule has 0 saturated heterocycles. The number of nitrogens with two attached hydrogens (primary N) is 1. The summed E-state index contributed by atoms with van der Waals surface area (Å²) >= 11 is 0. The normalized spacial score (nSPS) is 12.8. The standard InChI is InChI=1S/C10H16N5O3P.C2H6/c1-7(2-3-19(16,17)18)4-15-6-14-8-9(11)12-5-13-10(8)15;1-2/h5-7H,2-4H2,1H3,(H2,11,12,13)(H2,16,17,18);1-2H3/t7-;/m0./s1. The van der Waals surface area contributed by atoms with Gasteiger partial charge in [-0.3, -0.25) is 4.57 Å². The Balaban J connectivity index is 0.00000106. The van der Waals surface area contributed by atoms with Crippen molar-refractivity contribution in [3.8, 4) is 0 Å². The SMILES string of the molecule is CC.C[C@@H](CCP(=O)(O)O)Cn1cnc2c(N)ncnc21. The molecule has 2 heterocycles. The van der Waals surface area contributed by atoms with Gasteiger partial charge in [-0.2, -0.15) is 0 Å². The van der Waals surface area contributed by atoms with Gasteiger partial charge < -0.3 is 20.1 Å². The Morgan fingerprint density at radius 3 is 2.62 bits per heavy atom. The molecule has 0 unspecified atom stereocenters. The third-order valence-corrected chi connectivity index (χ3v) is 3.69. The van der Waals surface area contributed by atoms with Crippen LogP contribution in [0.25, 0.3) is 11.2 Å². The molecule has 2 aromatic heterocycles. The maximum Gasteiger partial charge on any atom is 0.325 e. The summed E-state index contributed by atoms with van der Waals surface area (Å²) < 4.78 is 12.7. The summed E-state index contributed by atoms with van der Waals surface area (Å²) in [5, 5.41) is 0. The fourth-order valence-electron chi connectivity index (χ4n) is 1.85. The second-order valence-corrected chi connectivity index (χ2v) is 6.39. The molecule has 0 saturated carbocycles. The van der Waals surface area contributed by atoms with E-state index >= 15 is 0 Å². The lowest BCUT2D eigenvalue weighted by atomic mass is 10.1. The number of hydrogen-bond donors (Lipinski definition) is 3. The van der Waals surface area contributed by atoms with Crippen LogP contribution < -0.4 is 5.73 Å². The van der Waals surface area contributed by atoms with Gasteiger partial charge in [0.05, 0.1) is 12.5 Å². The number of aromatic nitrogens is 4. The molecule has 0 amide bonds. The first kappa shape index (κ1) is 17.6. The zero-order valence-electron chi connectivity index (χ0n) is 12.5. The minimum Gasteiger partial charge on any atom is -0.382 e. The second kappa shape index (κ2) is 7.49. The Bertz CT molecular complexity index is 624. The maximum absolute atomic E-state index is 10.8. The highest BCUT2D eigenvalue weighted by Gasteiger charge is 2.16. The molecule has 0 spiro atoms. The molecule has 0 aliphatic heterocycles. The van der Waals surface area contributed by atoms with Gasteiger partial charge in [0, 0.05) is 6.54 Å². The quantitative estimate of drug-likeness (QED) is 0.715. The molecule has 2 aromatic rings. The van der Waals surface area contributed by atoms with Gasteiger partial charge in [-0.1, -0.05) is 20.8 Å². The fourth-order valence-corrected chi connectivity index (χ4v) is 2.63. The van der Waals surface area contributed by atoms with Gasteiger partial charge in [0.1, 0.15) is 11.8 Å². The number of rotatable bonds is 5. The first-order valence-corrected chi connectivity index (χ1v) is 8.62. The lowest BCUT2D eigenvalue weighted by Gasteiger charge is -2.12. The van der Waals surface area contributed by atoms with Crippen molar-refractivity contribution < 1.29 is 14.4 Å². The average Bonchev–Trinajstić information content (AvgIpc) is 2.83. The Labute approximate surface area is 123 Å². The molecule has 4 N–H and O–H groups in total. The topological polar surface area (TPSA) is 127 Å². The van der Waals surface area contributed by atoms with Crippen LogP contribution in [0.2, 0.25) is 0 Å². The molecule has 2 rings (SSSR count). The molecule has 0 aliphatic rings. The van der Waals surface area contributed by atoms with Crippen LogP contribution in [-0.2, 0) is 11.1 Å². The van der Waals surface area contributed by atoms with E-state index in [1.165, 1.54) is 6.33 Å². The summed E-state index contributed by atoms with van der Waals surface area (Å²) in [4.78, 5) is 29.8. The molecule has 0 aliphatic carbocycles. The summed E-state index contributed by atoms with van der Waals surface area (Å²) in [6.07, 6.45) is 3.31. The largest absolute Gasteiger partial charge is 0.382 e. The molecule has 9 heteroatoms. The number of hydrogen-bond acceptors (Lipinski definition) is 5. The van der Waals surface area contributed by atoms with Crippen LogP contribution in [0.5, 0.6) is 0 Å². The molecule has 8 nitrogen and oxygen atoms in total. The van der Waals surface area contributed by atoms with E-state index in [-0.39, 0.29) is 12.1 Å². The van der Waals surface area contributed by atoms with Gasteiger partial charge in [0.15, 0.2) is 11.5 Å². The predicted octanol–water partition coefficient (Wildman–Crippen LogP) is 1.64. The number of imidazole rings is 1. The van der Waals surface area contributed by atoms with Gasteiger partial charge in [0.25, 0.3) is 0 Å². The van der Waals surface area contributed by atoms with Gasteiger partial charge in [0.2, 0.25) is 0 Å². The third kappa shape index (κ3) is 5.08. The van der Waals surface area contributed by atoms with Crippen molar-refractivity contribution in [2.45, 2.75) is 33.7 Å². The number of nitrogens with zero attached hydrogens (tertiary/aromatic N) is 4. The first-order chi connectivity index (χ1) is 9.87. The van der Waals surface area contributed by atoms with Gasteiger partial charge in [-0.15, -0.1) is 0 Å². The Morgan fingerprint density at radius 1 is 1.33 bits per heavy atom. The molecular formula is C12H22N5O3P. The highest BCUT2D eigenvalue weighted by Crippen LogP contribution is 2.36. The summed E-state index contributed by atoms with van der Waals surface area (Å²) in [7, 11) is -3.94. The van der Waals surface area contributed by atoms with E-state index in [9.17, 15) is 4.57 Å². The van der Waals surface area contributed by atoms with Crippen LogP contribution in [0, 0.1) is 5.92 Å². The molecule has 0 fully saturated rings. The van der Waals surface area contributed by atoms with Crippen LogP contribution >= 0.6 is 7.60 Å². The Morgan fingerprint density at radius 2 is 2.00 bits per heavy atom. The zero-order valence-corrected chi connectivity index (χ0v) is 13.4. The van der Waals surface area contributed by atoms with Crippen LogP contribution in [-0.4, -0.2) is 35.5 Å². The average molecular weight is 315 g/mol. The highest BCUT2D eigenvalue weighted by molar-refractivity contribution is 7.51. The summed E-state index contributed by atoms with van der Waals surface area (Å²) in [6, 6.07) is 0. The van der Waals surface area contributed by atoms with Crippen LogP contribution in [0.1, 0.15) is 27.2 Å². The minimum absolute atomic E-state index is 0.0983. The van der Waals surface area contributed by atoms with Crippen molar-refractivity contribution in [1.82, 2.24) is 19.5 Å². The van der Waals surface area contributed by atoms with Gasteiger partial charge >= 0.3 is 7.60 Å². The van der Waals surface area contributed by atoms with E-state index in [0.29, 0.717) is 29.9 Å². The molecular weight excluding hydrogens is 293 g/mol. The molecule has 1 atom stereocenters. The van der Waals surface area contributed by atoms with E-state index in [2.05, 4.69) is 15.0 Å². The van der Waals surface area contributed by atoms with E-state index in [0.717, 1.165) is 0 Å². The number of anilines is 1. The monoisotopic (exact) mass is 315 g/mol. The smallest absolute Gasteiger partial charge is 0.325 e. The zero-order chi connectivity index (χ0) is 16.0. The third-order valence-electron chi connectivity index (χ3n) is 2.85. The van der Waals surface area contributed by atoms with E-state index in [4.69, 9.17) is 15.5 Å². The lowest BCUT2D eigenvalue weighted by Crippen LogP contribution is -2.09. The summed E-state index contributed by atoms with van der Waals surface area (Å²) in [5.41, 5.74) is 6.87. The van der Waals surface area contributed by atoms with Crippen molar-refractivity contribution in [3.63, 3.8) is 0 Å². The summed E-state index contributed by atoms with van der Waals surface area (Å²) in [6.45, 7) is 6.50. The van der Waals surface area contributed by atoms with Gasteiger partial charge in [-0.05, 0) is 12.3 Å². The van der Waals surface area contributed by atoms with Gasteiger partial charge in [-0.25, -0.2) is 15.0 Å². The highest BCUT2D eigenvalue weighted by atomic mass is 31.2. The predicted molar refractivity (Wildman–Crippen MR) is 81.8 cm³/mol. The van der Waals surface area contributed by atoms with Crippen LogP contribution in [0.4, 0.5) is 5.82 Å². The fraction of sp³-hybridized carbons (Fsp3) is 0.583. The van der Waals surface area contributed by atoms with Crippen molar-refractivity contribution in [3.05, 3.63) is 12.7 Å². The maximum atomic E-state index is 10.8. The molecule has 0 aromatic carbocycles. The van der Waals surface area contributed by atoms with Crippen molar-refractivity contribution in [2.24, 2.45) is 5.92 Å². The van der Waals surface area contributed by atoms with Crippen molar-refractivity contribution in [2.75, 3.05) is 11.9 Å².